The highest BCUT2D eigenvalue weighted by atomic mass is 16.5. The smallest absolute Gasteiger partial charge is 0.295 e. The normalized spacial score (nSPS) is 18.3. The fraction of sp³-hybridized carbons (Fsp3) is 0.333. The van der Waals surface area contributed by atoms with Crippen molar-refractivity contribution in [2.75, 3.05) is 27.2 Å². The maximum atomic E-state index is 12.9. The standard InChI is InChI=1S/C24H28N2O5/c1-15(2)31-19-11-7-17(8-12-19)22(28)20-21(16-5-9-18(27)10-6-16)26(14-13-25(3)4)24(30)23(20)29/h5-12,15,21,27-28H,13-14H2,1-4H3/b22-20+/t21-/m0/s1. The number of Topliss-reactive ketones (excluding diaryl/α,β-unsaturated/α-hetero) is 1. The third-order valence-corrected chi connectivity index (χ3v) is 5.04. The predicted molar refractivity (Wildman–Crippen MR) is 118 cm³/mol. The Morgan fingerprint density at radius 3 is 2.23 bits per heavy atom. The van der Waals surface area contributed by atoms with E-state index in [-0.39, 0.29) is 23.2 Å². The van der Waals surface area contributed by atoms with Gasteiger partial charge in [0.2, 0.25) is 0 Å². The van der Waals surface area contributed by atoms with Crippen LogP contribution in [0.2, 0.25) is 0 Å². The van der Waals surface area contributed by atoms with Crippen LogP contribution >= 0.6 is 0 Å². The number of likely N-dealkylation sites (N-methyl/N-ethyl adjacent to an activating group) is 1. The van der Waals surface area contributed by atoms with Crippen LogP contribution in [0.15, 0.2) is 54.1 Å². The minimum Gasteiger partial charge on any atom is -0.508 e. The summed E-state index contributed by atoms with van der Waals surface area (Å²) in [5.74, 6) is -0.888. The van der Waals surface area contributed by atoms with Crippen molar-refractivity contribution in [2.45, 2.75) is 26.0 Å². The zero-order chi connectivity index (χ0) is 22.7. The van der Waals surface area contributed by atoms with Crippen LogP contribution in [-0.2, 0) is 9.59 Å². The van der Waals surface area contributed by atoms with E-state index in [2.05, 4.69) is 0 Å². The van der Waals surface area contributed by atoms with Crippen molar-refractivity contribution in [1.82, 2.24) is 9.80 Å². The molecule has 1 atom stereocenters. The monoisotopic (exact) mass is 424 g/mol. The number of aliphatic hydroxyl groups is 1. The molecule has 0 radical (unpaired) electrons. The molecule has 0 aliphatic carbocycles. The minimum atomic E-state index is -0.743. The van der Waals surface area contributed by atoms with Gasteiger partial charge >= 0.3 is 0 Å². The second kappa shape index (κ2) is 9.22. The molecule has 0 aromatic heterocycles. The molecule has 0 spiro atoms. The molecular formula is C24H28N2O5. The van der Waals surface area contributed by atoms with Gasteiger partial charge in [-0.2, -0.15) is 0 Å². The second-order valence-corrected chi connectivity index (χ2v) is 8.08. The number of hydrogen-bond acceptors (Lipinski definition) is 6. The van der Waals surface area contributed by atoms with Crippen LogP contribution < -0.4 is 4.74 Å². The summed E-state index contributed by atoms with van der Waals surface area (Å²) in [4.78, 5) is 29.2. The molecule has 31 heavy (non-hydrogen) atoms. The zero-order valence-corrected chi connectivity index (χ0v) is 18.2. The fourth-order valence-electron chi connectivity index (χ4n) is 3.54. The molecule has 2 aromatic rings. The number of aliphatic hydroxyl groups excluding tert-OH is 1. The predicted octanol–water partition coefficient (Wildman–Crippen LogP) is 3.16. The summed E-state index contributed by atoms with van der Waals surface area (Å²) in [6.45, 7) is 4.71. The van der Waals surface area contributed by atoms with Gasteiger partial charge in [0, 0.05) is 18.7 Å². The van der Waals surface area contributed by atoms with Gasteiger partial charge in [-0.05, 0) is 69.9 Å². The summed E-state index contributed by atoms with van der Waals surface area (Å²) in [6, 6.07) is 12.3. The highest BCUT2D eigenvalue weighted by Crippen LogP contribution is 2.39. The van der Waals surface area contributed by atoms with Crippen LogP contribution in [-0.4, -0.2) is 65.0 Å². The summed E-state index contributed by atoms with van der Waals surface area (Å²) >= 11 is 0. The van der Waals surface area contributed by atoms with E-state index in [1.165, 1.54) is 17.0 Å². The highest BCUT2D eigenvalue weighted by molar-refractivity contribution is 6.46. The average molecular weight is 424 g/mol. The molecule has 0 saturated carbocycles. The molecule has 2 aromatic carbocycles. The first-order chi connectivity index (χ1) is 14.7. The van der Waals surface area contributed by atoms with Gasteiger partial charge in [0.25, 0.3) is 11.7 Å². The van der Waals surface area contributed by atoms with Gasteiger partial charge in [-0.25, -0.2) is 0 Å². The largest absolute Gasteiger partial charge is 0.508 e. The van der Waals surface area contributed by atoms with Crippen LogP contribution in [0.1, 0.15) is 31.0 Å². The lowest BCUT2D eigenvalue weighted by atomic mass is 9.95. The number of amides is 1. The van der Waals surface area contributed by atoms with E-state index >= 15 is 0 Å². The third kappa shape index (κ3) is 4.88. The van der Waals surface area contributed by atoms with Crippen LogP contribution in [0.3, 0.4) is 0 Å². The molecular weight excluding hydrogens is 396 g/mol. The molecule has 1 saturated heterocycles. The van der Waals surface area contributed by atoms with E-state index in [1.54, 1.807) is 36.4 Å². The first-order valence-corrected chi connectivity index (χ1v) is 10.2. The summed E-state index contributed by atoms with van der Waals surface area (Å²) in [5, 5.41) is 20.7. The number of nitrogens with zero attached hydrogens (tertiary/aromatic N) is 2. The Balaban J connectivity index is 2.06. The van der Waals surface area contributed by atoms with Crippen LogP contribution in [0, 0.1) is 0 Å². The van der Waals surface area contributed by atoms with Gasteiger partial charge in [-0.1, -0.05) is 12.1 Å². The van der Waals surface area contributed by atoms with Crippen molar-refractivity contribution in [1.29, 1.82) is 0 Å². The second-order valence-electron chi connectivity index (χ2n) is 8.08. The van der Waals surface area contributed by atoms with E-state index in [0.29, 0.717) is 30.0 Å². The van der Waals surface area contributed by atoms with Crippen molar-refractivity contribution >= 4 is 17.4 Å². The van der Waals surface area contributed by atoms with Crippen molar-refractivity contribution in [3.8, 4) is 11.5 Å². The molecule has 164 valence electrons. The molecule has 3 rings (SSSR count). The topological polar surface area (TPSA) is 90.3 Å². The number of phenols is 1. The number of benzene rings is 2. The first kappa shape index (κ1) is 22.4. The zero-order valence-electron chi connectivity index (χ0n) is 18.2. The van der Waals surface area contributed by atoms with Gasteiger partial charge in [0.1, 0.15) is 17.3 Å². The Labute approximate surface area is 182 Å². The van der Waals surface area contributed by atoms with Crippen LogP contribution in [0.25, 0.3) is 5.76 Å². The average Bonchev–Trinajstić information content (AvgIpc) is 2.97. The van der Waals surface area contributed by atoms with Crippen molar-refractivity contribution < 1.29 is 24.5 Å². The number of hydrogen-bond donors (Lipinski definition) is 2. The Bertz CT molecular complexity index is 978. The molecule has 7 heteroatoms. The Morgan fingerprint density at radius 2 is 1.68 bits per heavy atom. The number of ether oxygens (including phenoxy) is 1. The molecule has 1 aliphatic rings. The molecule has 1 fully saturated rings. The lowest BCUT2D eigenvalue weighted by Gasteiger charge is -2.26. The van der Waals surface area contributed by atoms with Crippen LogP contribution in [0.4, 0.5) is 0 Å². The summed E-state index contributed by atoms with van der Waals surface area (Å²) in [7, 11) is 3.76. The molecule has 1 aliphatic heterocycles. The van der Waals surface area contributed by atoms with Gasteiger partial charge < -0.3 is 24.7 Å². The fourth-order valence-corrected chi connectivity index (χ4v) is 3.54. The Kier molecular flexibility index (Phi) is 6.65. The lowest BCUT2D eigenvalue weighted by molar-refractivity contribution is -0.140. The highest BCUT2D eigenvalue weighted by Gasteiger charge is 2.45. The first-order valence-electron chi connectivity index (χ1n) is 10.2. The quantitative estimate of drug-likeness (QED) is 0.403. The molecule has 0 unspecified atom stereocenters. The van der Waals surface area contributed by atoms with Crippen LogP contribution in [0.5, 0.6) is 11.5 Å². The number of likely N-dealkylation sites (tertiary alicyclic amines) is 1. The molecule has 1 amide bonds. The van der Waals surface area contributed by atoms with Gasteiger partial charge in [-0.15, -0.1) is 0 Å². The van der Waals surface area contributed by atoms with E-state index < -0.39 is 17.7 Å². The summed E-state index contributed by atoms with van der Waals surface area (Å²) in [6.07, 6.45) is 0.0102. The third-order valence-electron chi connectivity index (χ3n) is 5.04. The number of phenolic OH excluding ortho intramolecular Hbond substituents is 1. The Morgan fingerprint density at radius 1 is 1.06 bits per heavy atom. The minimum absolute atomic E-state index is 0.0102. The molecule has 0 bridgehead atoms. The summed E-state index contributed by atoms with van der Waals surface area (Å²) < 4.78 is 5.63. The van der Waals surface area contributed by atoms with Crippen molar-refractivity contribution in [2.24, 2.45) is 0 Å². The molecule has 1 heterocycles. The SMILES string of the molecule is CC(C)Oc1ccc(/C(O)=C2\C(=O)C(=O)N(CCN(C)C)[C@H]2c2ccc(O)cc2)cc1. The Hall–Kier alpha value is -3.32. The van der Waals surface area contributed by atoms with Gasteiger partial charge in [0.05, 0.1) is 17.7 Å². The van der Waals surface area contributed by atoms with E-state index in [0.717, 1.165) is 0 Å². The number of ketones is 1. The van der Waals surface area contributed by atoms with Gasteiger partial charge in [0.15, 0.2) is 0 Å². The molecule has 2 N–H and O–H groups in total. The van der Waals surface area contributed by atoms with E-state index in [9.17, 15) is 19.8 Å². The van der Waals surface area contributed by atoms with Crippen molar-refractivity contribution in [3.63, 3.8) is 0 Å². The maximum absolute atomic E-state index is 12.9. The summed E-state index contributed by atoms with van der Waals surface area (Å²) in [5.41, 5.74) is 1.09. The lowest BCUT2D eigenvalue weighted by Crippen LogP contribution is -2.35. The van der Waals surface area contributed by atoms with E-state index in [4.69, 9.17) is 4.74 Å². The maximum Gasteiger partial charge on any atom is 0.295 e. The number of carbonyl (C=O) groups is 2. The number of carbonyl (C=O) groups excluding carboxylic acids is 2. The van der Waals surface area contributed by atoms with Gasteiger partial charge in [-0.3, -0.25) is 9.59 Å². The molecule has 7 nitrogen and oxygen atoms in total. The van der Waals surface area contributed by atoms with E-state index in [1.807, 2.05) is 32.8 Å². The number of aromatic hydroxyl groups is 1. The number of rotatable bonds is 7. The van der Waals surface area contributed by atoms with Crippen molar-refractivity contribution in [3.05, 3.63) is 65.2 Å².